The fraction of sp³-hybridized carbons (Fsp3) is 0.545. The Morgan fingerprint density at radius 1 is 1.12 bits per heavy atom. The molecule has 1 aliphatic heterocycles. The van der Waals surface area contributed by atoms with Crippen molar-refractivity contribution in [1.29, 1.82) is 0 Å². The van der Waals surface area contributed by atoms with Crippen LogP contribution in [-0.4, -0.2) is 26.1 Å². The van der Waals surface area contributed by atoms with Crippen LogP contribution in [0.1, 0.15) is 12.8 Å². The molecule has 16 heavy (non-hydrogen) atoms. The number of alkyl halides is 2. The monoisotopic (exact) mass is 231 g/mol. The predicted molar refractivity (Wildman–Crippen MR) is 56.2 cm³/mol. The third kappa shape index (κ3) is 5.02. The van der Waals surface area contributed by atoms with Gasteiger partial charge in [-0.3, -0.25) is 4.84 Å². The summed E-state index contributed by atoms with van der Waals surface area (Å²) in [4.78, 5) is 4.83. The van der Waals surface area contributed by atoms with E-state index in [0.717, 1.165) is 0 Å². The molecule has 1 saturated heterocycles. The maximum Gasteiger partial charge on any atom is 0.250 e. The molecule has 0 amide bonds. The van der Waals surface area contributed by atoms with Crippen LogP contribution < -0.4 is 14.9 Å². The molecule has 0 aliphatic carbocycles. The van der Waals surface area contributed by atoms with Crippen molar-refractivity contribution in [1.82, 2.24) is 5.32 Å². The van der Waals surface area contributed by atoms with Gasteiger partial charge in [-0.2, -0.15) is 0 Å². The van der Waals surface area contributed by atoms with E-state index in [-0.39, 0.29) is 12.8 Å². The van der Waals surface area contributed by atoms with Crippen molar-refractivity contribution in [2.24, 2.45) is 0 Å². The fourth-order valence-electron chi connectivity index (χ4n) is 1.30. The van der Waals surface area contributed by atoms with Crippen LogP contribution in [0.15, 0.2) is 30.6 Å². The van der Waals surface area contributed by atoms with E-state index >= 15 is 0 Å². The number of hydrogen-bond donors (Lipinski definition) is 1. The normalized spacial score (nSPS) is 18.2. The van der Waals surface area contributed by atoms with Crippen LogP contribution in [0, 0.1) is 0 Å². The molecule has 0 saturated carbocycles. The Hall–Kier alpha value is -1.23. The Kier molecular flexibility index (Phi) is 5.11. The van der Waals surface area contributed by atoms with E-state index in [2.05, 4.69) is 5.32 Å². The summed E-state index contributed by atoms with van der Waals surface area (Å²) in [7, 11) is 1.62. The topological polar surface area (TPSA) is 25.1 Å². The summed E-state index contributed by atoms with van der Waals surface area (Å²) in [6, 6.07) is 5.75. The molecule has 1 aromatic heterocycles. The summed E-state index contributed by atoms with van der Waals surface area (Å²) < 4.78 is 26.0. The van der Waals surface area contributed by atoms with Gasteiger partial charge in [0.05, 0.1) is 0 Å². The van der Waals surface area contributed by atoms with Gasteiger partial charge in [-0.25, -0.2) is 8.78 Å². The first-order valence-electron chi connectivity index (χ1n) is 5.23. The molecule has 0 radical (unpaired) electrons. The van der Waals surface area contributed by atoms with Gasteiger partial charge in [0.1, 0.15) is 7.11 Å². The minimum absolute atomic E-state index is 0.00694. The third-order valence-electron chi connectivity index (χ3n) is 2.23. The number of aromatic nitrogens is 1. The lowest BCUT2D eigenvalue weighted by Gasteiger charge is -2.21. The van der Waals surface area contributed by atoms with Crippen LogP contribution in [0.4, 0.5) is 8.78 Å². The Bertz CT molecular complexity index is 285. The smallest absolute Gasteiger partial charge is 0.250 e. The average molecular weight is 231 g/mol. The molecule has 0 aromatic carbocycles. The average Bonchev–Trinajstić information content (AvgIpc) is 2.31. The van der Waals surface area contributed by atoms with Gasteiger partial charge in [-0.05, 0) is 0 Å². The van der Waals surface area contributed by atoms with Gasteiger partial charge in [0.15, 0.2) is 0 Å². The second kappa shape index (κ2) is 6.37. The molecule has 1 aliphatic rings. The lowest BCUT2D eigenvalue weighted by atomic mass is 10.1. The number of hydrogen-bond acceptors (Lipinski definition) is 2. The molecule has 3 nitrogen and oxygen atoms in total. The predicted octanol–water partition coefficient (Wildman–Crippen LogP) is 1.04. The van der Waals surface area contributed by atoms with Crippen molar-refractivity contribution in [2.45, 2.75) is 18.8 Å². The first kappa shape index (κ1) is 12.8. The highest BCUT2D eigenvalue weighted by Gasteiger charge is 2.30. The SMILES string of the molecule is CO[n+]1ccccc1.FC1(F)CCNCC1. The molecular weight excluding hydrogens is 214 g/mol. The van der Waals surface area contributed by atoms with Crippen LogP contribution in [0.2, 0.25) is 0 Å². The largest absolute Gasteiger partial charge is 0.316 e. The van der Waals surface area contributed by atoms with Gasteiger partial charge in [0.2, 0.25) is 12.4 Å². The van der Waals surface area contributed by atoms with Crippen molar-refractivity contribution in [3.05, 3.63) is 30.6 Å². The van der Waals surface area contributed by atoms with Crippen LogP contribution in [-0.2, 0) is 0 Å². The molecule has 1 fully saturated rings. The van der Waals surface area contributed by atoms with Crippen molar-refractivity contribution < 1.29 is 18.3 Å². The van der Waals surface area contributed by atoms with Gasteiger partial charge >= 0.3 is 0 Å². The number of piperidine rings is 1. The van der Waals surface area contributed by atoms with E-state index in [1.807, 2.05) is 30.6 Å². The Morgan fingerprint density at radius 2 is 1.69 bits per heavy atom. The molecule has 1 aromatic rings. The zero-order chi connectivity index (χ0) is 11.9. The highest BCUT2D eigenvalue weighted by Crippen LogP contribution is 2.23. The molecule has 0 unspecified atom stereocenters. The number of nitrogens with one attached hydrogen (secondary N) is 1. The quantitative estimate of drug-likeness (QED) is 0.730. The summed E-state index contributed by atoms with van der Waals surface area (Å²) in [6.07, 6.45) is 3.68. The van der Waals surface area contributed by atoms with Crippen LogP contribution >= 0.6 is 0 Å². The van der Waals surface area contributed by atoms with Crippen molar-refractivity contribution in [2.75, 3.05) is 20.2 Å². The molecule has 0 spiro atoms. The molecule has 90 valence electrons. The molecular formula is C11H17F2N2O+. The minimum atomic E-state index is -2.38. The molecule has 2 heterocycles. The van der Waals surface area contributed by atoms with Gasteiger partial charge in [-0.1, -0.05) is 6.07 Å². The van der Waals surface area contributed by atoms with E-state index in [4.69, 9.17) is 4.84 Å². The maximum atomic E-state index is 12.2. The summed E-state index contributed by atoms with van der Waals surface area (Å²) in [5.74, 6) is -2.38. The third-order valence-corrected chi connectivity index (χ3v) is 2.23. The number of nitrogens with zero attached hydrogens (tertiary/aromatic N) is 1. The number of rotatable bonds is 1. The molecule has 2 rings (SSSR count). The summed E-state index contributed by atoms with van der Waals surface area (Å²) >= 11 is 0. The highest BCUT2D eigenvalue weighted by atomic mass is 19.3. The molecule has 1 N–H and O–H groups in total. The standard InChI is InChI=1S/C6H8NO.C5H9F2N/c1-8-7-5-3-2-4-6-7;6-5(7)1-3-8-4-2-5/h2-6H,1H3;8H,1-4H2/q+1;. The van der Waals surface area contributed by atoms with E-state index in [1.165, 1.54) is 0 Å². The van der Waals surface area contributed by atoms with Crippen LogP contribution in [0.5, 0.6) is 0 Å². The van der Waals surface area contributed by atoms with Crippen molar-refractivity contribution in [3.8, 4) is 0 Å². The minimum Gasteiger partial charge on any atom is -0.316 e. The lowest BCUT2D eigenvalue weighted by molar-refractivity contribution is -0.885. The first-order valence-corrected chi connectivity index (χ1v) is 5.23. The first-order chi connectivity index (χ1) is 7.64. The van der Waals surface area contributed by atoms with Crippen LogP contribution in [0.3, 0.4) is 0 Å². The summed E-state index contributed by atoms with van der Waals surface area (Å²) in [6.45, 7) is 0.931. The van der Waals surface area contributed by atoms with Crippen molar-refractivity contribution >= 4 is 0 Å². The van der Waals surface area contributed by atoms with E-state index < -0.39 is 5.92 Å². The zero-order valence-electron chi connectivity index (χ0n) is 9.33. The fourth-order valence-corrected chi connectivity index (χ4v) is 1.30. The van der Waals surface area contributed by atoms with E-state index in [9.17, 15) is 8.78 Å². The van der Waals surface area contributed by atoms with Crippen molar-refractivity contribution in [3.63, 3.8) is 0 Å². The number of pyridine rings is 1. The molecule has 0 bridgehead atoms. The Labute approximate surface area is 94.0 Å². The zero-order valence-corrected chi connectivity index (χ0v) is 9.33. The second-order valence-corrected chi connectivity index (χ2v) is 3.52. The maximum absolute atomic E-state index is 12.2. The van der Waals surface area contributed by atoms with Gasteiger partial charge in [-0.15, -0.1) is 0 Å². The Balaban J connectivity index is 0.000000160. The second-order valence-electron chi connectivity index (χ2n) is 3.52. The Morgan fingerprint density at radius 3 is 2.00 bits per heavy atom. The highest BCUT2D eigenvalue weighted by molar-refractivity contribution is 4.83. The van der Waals surface area contributed by atoms with Gasteiger partial charge in [0.25, 0.3) is 5.92 Å². The molecule has 5 heteroatoms. The van der Waals surface area contributed by atoms with Gasteiger partial charge in [0, 0.05) is 42.8 Å². The van der Waals surface area contributed by atoms with Gasteiger partial charge < -0.3 is 5.32 Å². The summed E-state index contributed by atoms with van der Waals surface area (Å²) in [5.41, 5.74) is 0. The number of halogens is 2. The summed E-state index contributed by atoms with van der Waals surface area (Å²) in [5, 5.41) is 2.86. The lowest BCUT2D eigenvalue weighted by Crippen LogP contribution is -2.38. The van der Waals surface area contributed by atoms with Crippen LogP contribution in [0.25, 0.3) is 0 Å². The van der Waals surface area contributed by atoms with E-state index in [1.54, 1.807) is 11.8 Å². The van der Waals surface area contributed by atoms with E-state index in [0.29, 0.717) is 13.1 Å². The molecule has 0 atom stereocenters.